The molecule has 0 unspecified atom stereocenters. The lowest BCUT2D eigenvalue weighted by atomic mass is 10.0. The van der Waals surface area contributed by atoms with Gasteiger partial charge in [0.05, 0.1) is 12.2 Å². The number of hydrogen-bond donors (Lipinski definition) is 1. The SMILES string of the molecule is O=C(CN1CCC(N2CC(=O)N(c3ccccc3)C2=O)CC1)Nc1ccc(F)cc1. The number of nitrogens with one attached hydrogen (secondary N) is 1. The van der Waals surface area contributed by atoms with Crippen molar-refractivity contribution in [3.05, 3.63) is 60.4 Å². The van der Waals surface area contributed by atoms with Crippen LogP contribution in [0.2, 0.25) is 0 Å². The Morgan fingerprint density at radius 1 is 1.00 bits per heavy atom. The fourth-order valence-electron chi connectivity index (χ4n) is 3.96. The van der Waals surface area contributed by atoms with Crippen molar-refractivity contribution in [2.24, 2.45) is 0 Å². The molecule has 7 nitrogen and oxygen atoms in total. The van der Waals surface area contributed by atoms with E-state index in [-0.39, 0.29) is 42.8 Å². The fraction of sp³-hybridized carbons (Fsp3) is 0.318. The molecule has 0 atom stereocenters. The molecule has 2 saturated heterocycles. The van der Waals surface area contributed by atoms with Gasteiger partial charge in [0.1, 0.15) is 12.4 Å². The van der Waals surface area contributed by atoms with E-state index in [1.54, 1.807) is 29.2 Å². The van der Waals surface area contributed by atoms with Crippen molar-refractivity contribution >= 4 is 29.2 Å². The highest BCUT2D eigenvalue weighted by atomic mass is 19.1. The second kappa shape index (κ2) is 8.62. The van der Waals surface area contributed by atoms with Crippen molar-refractivity contribution in [2.45, 2.75) is 18.9 Å². The summed E-state index contributed by atoms with van der Waals surface area (Å²) in [5.41, 5.74) is 1.14. The molecule has 2 fully saturated rings. The summed E-state index contributed by atoms with van der Waals surface area (Å²) in [6.07, 6.45) is 1.40. The normalized spacial score (nSPS) is 18.2. The van der Waals surface area contributed by atoms with E-state index >= 15 is 0 Å². The number of urea groups is 1. The van der Waals surface area contributed by atoms with Gasteiger partial charge in [-0.1, -0.05) is 18.2 Å². The number of carbonyl (C=O) groups is 3. The molecule has 4 rings (SSSR count). The van der Waals surface area contributed by atoms with Crippen LogP contribution < -0.4 is 10.2 Å². The first-order valence-electron chi connectivity index (χ1n) is 9.97. The van der Waals surface area contributed by atoms with Crippen molar-refractivity contribution in [1.29, 1.82) is 0 Å². The molecule has 156 valence electrons. The Bertz CT molecular complexity index is 927. The molecule has 4 amide bonds. The Kier molecular flexibility index (Phi) is 5.76. The molecule has 2 aliphatic rings. The summed E-state index contributed by atoms with van der Waals surface area (Å²) >= 11 is 0. The van der Waals surface area contributed by atoms with Crippen LogP contribution in [0.3, 0.4) is 0 Å². The summed E-state index contributed by atoms with van der Waals surface area (Å²) in [6, 6.07) is 14.3. The van der Waals surface area contributed by atoms with Crippen molar-refractivity contribution in [3.63, 3.8) is 0 Å². The third-order valence-corrected chi connectivity index (χ3v) is 5.50. The molecule has 2 aromatic rings. The number of anilines is 2. The maximum Gasteiger partial charge on any atom is 0.332 e. The van der Waals surface area contributed by atoms with Crippen molar-refractivity contribution in [3.8, 4) is 0 Å². The molecule has 2 aliphatic heterocycles. The van der Waals surface area contributed by atoms with E-state index in [0.29, 0.717) is 37.3 Å². The smallest absolute Gasteiger partial charge is 0.325 e. The highest BCUT2D eigenvalue weighted by Gasteiger charge is 2.41. The summed E-state index contributed by atoms with van der Waals surface area (Å²) in [4.78, 5) is 42.4. The number of hydrogen-bond acceptors (Lipinski definition) is 4. The molecule has 0 aliphatic carbocycles. The minimum atomic E-state index is -0.351. The van der Waals surface area contributed by atoms with Crippen molar-refractivity contribution in [2.75, 3.05) is 36.4 Å². The van der Waals surface area contributed by atoms with Gasteiger partial charge in [-0.25, -0.2) is 14.1 Å². The lowest BCUT2D eigenvalue weighted by molar-refractivity contribution is -0.117. The predicted octanol–water partition coefficient (Wildman–Crippen LogP) is 2.70. The predicted molar refractivity (Wildman–Crippen MR) is 111 cm³/mol. The van der Waals surface area contributed by atoms with E-state index in [2.05, 4.69) is 5.32 Å². The Labute approximate surface area is 174 Å². The molecule has 8 heteroatoms. The summed E-state index contributed by atoms with van der Waals surface area (Å²) in [6.45, 7) is 1.63. The Morgan fingerprint density at radius 2 is 1.67 bits per heavy atom. The summed E-state index contributed by atoms with van der Waals surface area (Å²) in [7, 11) is 0. The van der Waals surface area contributed by atoms with Crippen LogP contribution >= 0.6 is 0 Å². The minimum Gasteiger partial charge on any atom is -0.325 e. The highest BCUT2D eigenvalue weighted by molar-refractivity contribution is 6.19. The number of nitrogens with zero attached hydrogens (tertiary/aromatic N) is 3. The molecule has 0 aromatic heterocycles. The number of carbonyl (C=O) groups excluding carboxylic acids is 3. The molecule has 2 aromatic carbocycles. The van der Waals surface area contributed by atoms with Gasteiger partial charge in [0, 0.05) is 24.8 Å². The van der Waals surface area contributed by atoms with Gasteiger partial charge < -0.3 is 10.2 Å². The number of imide groups is 1. The molecule has 0 saturated carbocycles. The van der Waals surface area contributed by atoms with E-state index in [4.69, 9.17) is 0 Å². The number of halogens is 1. The second-order valence-corrected chi connectivity index (χ2v) is 7.54. The number of rotatable bonds is 5. The summed E-state index contributed by atoms with van der Waals surface area (Å²) in [5.74, 6) is -0.731. The van der Waals surface area contributed by atoms with E-state index < -0.39 is 0 Å². The minimum absolute atomic E-state index is 0.0217. The van der Waals surface area contributed by atoms with Crippen LogP contribution in [-0.4, -0.2) is 59.9 Å². The monoisotopic (exact) mass is 410 g/mol. The first-order chi connectivity index (χ1) is 14.5. The topological polar surface area (TPSA) is 73.0 Å². The molecular weight excluding hydrogens is 387 g/mol. The first-order valence-corrected chi connectivity index (χ1v) is 9.97. The lowest BCUT2D eigenvalue weighted by Gasteiger charge is -2.35. The Morgan fingerprint density at radius 3 is 2.33 bits per heavy atom. The van der Waals surface area contributed by atoms with Crippen LogP contribution in [0.1, 0.15) is 12.8 Å². The molecule has 1 N–H and O–H groups in total. The molecule has 0 radical (unpaired) electrons. The van der Waals surface area contributed by atoms with Crippen LogP contribution in [0, 0.1) is 5.82 Å². The van der Waals surface area contributed by atoms with Crippen LogP contribution in [-0.2, 0) is 9.59 Å². The van der Waals surface area contributed by atoms with Gasteiger partial charge in [0.15, 0.2) is 0 Å². The number of para-hydroxylation sites is 1. The van der Waals surface area contributed by atoms with Gasteiger partial charge >= 0.3 is 6.03 Å². The van der Waals surface area contributed by atoms with Crippen molar-refractivity contribution < 1.29 is 18.8 Å². The second-order valence-electron chi connectivity index (χ2n) is 7.54. The number of benzene rings is 2. The zero-order chi connectivity index (χ0) is 21.1. The quantitative estimate of drug-likeness (QED) is 0.770. The fourth-order valence-corrected chi connectivity index (χ4v) is 3.96. The number of piperidine rings is 1. The van der Waals surface area contributed by atoms with Gasteiger partial charge in [0.2, 0.25) is 5.91 Å². The van der Waals surface area contributed by atoms with E-state index in [1.165, 1.54) is 29.2 Å². The van der Waals surface area contributed by atoms with Gasteiger partial charge in [-0.05, 0) is 49.2 Å². The Balaban J connectivity index is 1.29. The van der Waals surface area contributed by atoms with E-state index in [1.807, 2.05) is 11.0 Å². The van der Waals surface area contributed by atoms with Crippen LogP contribution in [0.25, 0.3) is 0 Å². The average molecular weight is 410 g/mol. The third kappa shape index (κ3) is 4.33. The van der Waals surface area contributed by atoms with E-state index in [0.717, 1.165) is 0 Å². The maximum absolute atomic E-state index is 13.0. The van der Waals surface area contributed by atoms with Crippen LogP contribution in [0.4, 0.5) is 20.6 Å². The standard InChI is InChI=1S/C22H23FN4O3/c23-16-6-8-17(9-7-16)24-20(28)14-25-12-10-18(11-13-25)26-15-21(29)27(22(26)30)19-4-2-1-3-5-19/h1-9,18H,10-15H2,(H,24,28). The first kappa shape index (κ1) is 20.0. The highest BCUT2D eigenvalue weighted by Crippen LogP contribution is 2.26. The average Bonchev–Trinajstić information content (AvgIpc) is 3.05. The third-order valence-electron chi connectivity index (χ3n) is 5.50. The van der Waals surface area contributed by atoms with Crippen molar-refractivity contribution in [1.82, 2.24) is 9.80 Å². The molecule has 2 heterocycles. The van der Waals surface area contributed by atoms with E-state index in [9.17, 15) is 18.8 Å². The van der Waals surface area contributed by atoms with Gasteiger partial charge in [-0.15, -0.1) is 0 Å². The number of likely N-dealkylation sites (tertiary alicyclic amines) is 1. The zero-order valence-electron chi connectivity index (χ0n) is 16.5. The van der Waals surface area contributed by atoms with Crippen LogP contribution in [0.15, 0.2) is 54.6 Å². The molecule has 0 spiro atoms. The maximum atomic E-state index is 13.0. The lowest BCUT2D eigenvalue weighted by Crippen LogP contribution is -2.48. The molecular formula is C22H23FN4O3. The van der Waals surface area contributed by atoms with Gasteiger partial charge in [-0.2, -0.15) is 0 Å². The Hall–Kier alpha value is -3.26. The number of amides is 4. The zero-order valence-corrected chi connectivity index (χ0v) is 16.5. The van der Waals surface area contributed by atoms with Crippen LogP contribution in [0.5, 0.6) is 0 Å². The molecule has 0 bridgehead atoms. The molecule has 30 heavy (non-hydrogen) atoms. The van der Waals surface area contributed by atoms with Gasteiger partial charge in [-0.3, -0.25) is 14.5 Å². The summed E-state index contributed by atoms with van der Waals surface area (Å²) < 4.78 is 13.0. The largest absolute Gasteiger partial charge is 0.332 e. The summed E-state index contributed by atoms with van der Waals surface area (Å²) in [5, 5.41) is 2.76. The van der Waals surface area contributed by atoms with Gasteiger partial charge in [0.25, 0.3) is 5.91 Å².